The molecule has 0 radical (unpaired) electrons. The number of nitrogens with zero attached hydrogens (tertiary/aromatic N) is 6. The largest absolute Gasteiger partial charge is 0.497 e. The highest BCUT2D eigenvalue weighted by molar-refractivity contribution is 7.98. The van der Waals surface area contributed by atoms with Gasteiger partial charge in [-0.25, -0.2) is 0 Å². The summed E-state index contributed by atoms with van der Waals surface area (Å²) in [5, 5.41) is 13.7. The lowest BCUT2D eigenvalue weighted by Crippen LogP contribution is -2.20. The third-order valence-electron chi connectivity index (χ3n) is 4.72. The first-order chi connectivity index (χ1) is 14.7. The van der Waals surface area contributed by atoms with Crippen molar-refractivity contribution < 1.29 is 9.26 Å². The summed E-state index contributed by atoms with van der Waals surface area (Å²) in [6.07, 6.45) is 0. The number of rotatable bonds is 5. The standard InChI is InChI=1S/C20H16N6O3S/c1-25-18(27)14-8-3-4-9-15(14)26-19(25)22-23-20(26)30-11-16-21-17(24-29-16)12-6-5-7-13(10-12)28-2/h3-10H,11H2,1-2H3. The third kappa shape index (κ3) is 3.01. The number of hydrogen-bond acceptors (Lipinski definition) is 8. The molecule has 3 heterocycles. The Morgan fingerprint density at radius 1 is 1.13 bits per heavy atom. The summed E-state index contributed by atoms with van der Waals surface area (Å²) in [4.78, 5) is 17.0. The van der Waals surface area contributed by atoms with Crippen LogP contribution in [0.3, 0.4) is 0 Å². The zero-order valence-corrected chi connectivity index (χ0v) is 17.0. The number of aryl methyl sites for hydroxylation is 1. The molecule has 0 saturated heterocycles. The molecule has 3 aromatic heterocycles. The average molecular weight is 420 g/mol. The number of para-hydroxylation sites is 1. The van der Waals surface area contributed by atoms with E-state index in [0.717, 1.165) is 16.8 Å². The van der Waals surface area contributed by atoms with E-state index in [1.807, 2.05) is 46.9 Å². The van der Waals surface area contributed by atoms with E-state index >= 15 is 0 Å². The first-order valence-electron chi connectivity index (χ1n) is 9.08. The van der Waals surface area contributed by atoms with E-state index in [0.29, 0.717) is 33.8 Å². The van der Waals surface area contributed by atoms with E-state index in [1.54, 1.807) is 20.2 Å². The van der Waals surface area contributed by atoms with Gasteiger partial charge in [0.25, 0.3) is 5.56 Å². The van der Waals surface area contributed by atoms with Crippen LogP contribution in [0, 0.1) is 0 Å². The van der Waals surface area contributed by atoms with Crippen molar-refractivity contribution in [3.63, 3.8) is 0 Å². The number of thioether (sulfide) groups is 1. The lowest BCUT2D eigenvalue weighted by atomic mass is 10.2. The second-order valence-corrected chi connectivity index (χ2v) is 7.47. The van der Waals surface area contributed by atoms with Crippen LogP contribution in [0.15, 0.2) is 63.0 Å². The van der Waals surface area contributed by atoms with Crippen molar-refractivity contribution in [3.05, 3.63) is 64.8 Å². The van der Waals surface area contributed by atoms with Crippen LogP contribution in [-0.4, -0.2) is 36.4 Å². The molecule has 0 aliphatic carbocycles. The quantitative estimate of drug-likeness (QED) is 0.400. The maximum atomic E-state index is 12.5. The van der Waals surface area contributed by atoms with Crippen LogP contribution in [0.5, 0.6) is 5.75 Å². The summed E-state index contributed by atoms with van der Waals surface area (Å²) in [5.74, 6) is 2.56. The molecule has 0 N–H and O–H groups in total. The molecule has 0 unspecified atom stereocenters. The van der Waals surface area contributed by atoms with Crippen molar-refractivity contribution in [1.82, 2.24) is 29.3 Å². The Balaban J connectivity index is 1.46. The Labute approximate surface area is 174 Å². The molecule has 9 nitrogen and oxygen atoms in total. The topological polar surface area (TPSA) is 100 Å². The number of aromatic nitrogens is 6. The molecule has 0 atom stereocenters. The number of methoxy groups -OCH3 is 1. The molecule has 5 aromatic rings. The van der Waals surface area contributed by atoms with Crippen molar-refractivity contribution >= 4 is 28.4 Å². The van der Waals surface area contributed by atoms with Gasteiger partial charge in [-0.05, 0) is 24.3 Å². The van der Waals surface area contributed by atoms with Gasteiger partial charge in [-0.15, -0.1) is 10.2 Å². The minimum absolute atomic E-state index is 0.109. The zero-order chi connectivity index (χ0) is 20.7. The summed E-state index contributed by atoms with van der Waals surface area (Å²) in [7, 11) is 3.30. The van der Waals surface area contributed by atoms with E-state index in [-0.39, 0.29) is 5.56 Å². The van der Waals surface area contributed by atoms with Gasteiger partial charge in [-0.2, -0.15) is 4.98 Å². The molecule has 0 amide bonds. The number of hydrogen-bond donors (Lipinski definition) is 0. The zero-order valence-electron chi connectivity index (χ0n) is 16.1. The summed E-state index contributed by atoms with van der Waals surface area (Å²) in [6.45, 7) is 0. The predicted octanol–water partition coefficient (Wildman–Crippen LogP) is 2.93. The van der Waals surface area contributed by atoms with Crippen LogP contribution in [0.4, 0.5) is 0 Å². The molecule has 150 valence electrons. The summed E-state index contributed by atoms with van der Waals surface area (Å²) < 4.78 is 14.0. The average Bonchev–Trinajstić information content (AvgIpc) is 3.43. The van der Waals surface area contributed by atoms with Gasteiger partial charge in [0.2, 0.25) is 17.5 Å². The van der Waals surface area contributed by atoms with Crippen molar-refractivity contribution in [2.24, 2.45) is 7.05 Å². The van der Waals surface area contributed by atoms with Gasteiger partial charge in [-0.3, -0.25) is 13.8 Å². The van der Waals surface area contributed by atoms with Gasteiger partial charge in [0.1, 0.15) is 5.75 Å². The Hall–Kier alpha value is -3.66. The van der Waals surface area contributed by atoms with Gasteiger partial charge in [0, 0.05) is 12.6 Å². The SMILES string of the molecule is COc1cccc(-c2noc(CSc3nnc4n(C)c(=O)c5ccccc5n34)n2)c1. The molecule has 0 aliphatic heterocycles. The summed E-state index contributed by atoms with van der Waals surface area (Å²) >= 11 is 1.41. The van der Waals surface area contributed by atoms with Crippen LogP contribution in [-0.2, 0) is 12.8 Å². The summed E-state index contributed by atoms with van der Waals surface area (Å²) in [6, 6.07) is 14.9. The van der Waals surface area contributed by atoms with Crippen LogP contribution in [0.1, 0.15) is 5.89 Å². The van der Waals surface area contributed by atoms with Gasteiger partial charge >= 0.3 is 0 Å². The molecular weight excluding hydrogens is 404 g/mol. The Morgan fingerprint density at radius 3 is 2.87 bits per heavy atom. The van der Waals surface area contributed by atoms with Crippen molar-refractivity contribution in [1.29, 1.82) is 0 Å². The number of fused-ring (bicyclic) bond motifs is 3. The van der Waals surface area contributed by atoms with Crippen LogP contribution in [0.25, 0.3) is 28.1 Å². The van der Waals surface area contributed by atoms with Crippen molar-refractivity contribution in [2.45, 2.75) is 10.9 Å². The Bertz CT molecular complexity index is 1440. The Kier molecular flexibility index (Phi) is 4.47. The smallest absolute Gasteiger partial charge is 0.262 e. The molecule has 0 bridgehead atoms. The molecule has 0 spiro atoms. The molecule has 2 aromatic carbocycles. The first-order valence-corrected chi connectivity index (χ1v) is 10.1. The maximum Gasteiger partial charge on any atom is 0.262 e. The fourth-order valence-corrected chi connectivity index (χ4v) is 4.00. The fraction of sp³-hybridized carbons (Fsp3) is 0.150. The number of benzene rings is 2. The van der Waals surface area contributed by atoms with Gasteiger partial charge in [0.15, 0.2) is 5.16 Å². The highest BCUT2D eigenvalue weighted by atomic mass is 32.2. The normalized spacial score (nSPS) is 11.4. The molecular formula is C20H16N6O3S. The van der Waals surface area contributed by atoms with E-state index in [4.69, 9.17) is 9.26 Å². The molecule has 5 rings (SSSR count). The maximum absolute atomic E-state index is 12.5. The van der Waals surface area contributed by atoms with Crippen molar-refractivity contribution in [3.8, 4) is 17.1 Å². The molecule has 0 aliphatic rings. The third-order valence-corrected chi connectivity index (χ3v) is 5.63. The van der Waals surface area contributed by atoms with E-state index < -0.39 is 0 Å². The molecule has 0 fully saturated rings. The number of ether oxygens (including phenoxy) is 1. The van der Waals surface area contributed by atoms with E-state index in [9.17, 15) is 4.79 Å². The lowest BCUT2D eigenvalue weighted by molar-refractivity contribution is 0.391. The van der Waals surface area contributed by atoms with Crippen molar-refractivity contribution in [2.75, 3.05) is 7.11 Å². The Morgan fingerprint density at radius 2 is 2.00 bits per heavy atom. The van der Waals surface area contributed by atoms with Crippen LogP contribution >= 0.6 is 11.8 Å². The van der Waals surface area contributed by atoms with E-state index in [2.05, 4.69) is 20.3 Å². The van der Waals surface area contributed by atoms with Gasteiger partial charge < -0.3 is 9.26 Å². The predicted molar refractivity (Wildman–Crippen MR) is 112 cm³/mol. The lowest BCUT2D eigenvalue weighted by Gasteiger charge is -2.06. The monoisotopic (exact) mass is 420 g/mol. The second-order valence-electron chi connectivity index (χ2n) is 6.53. The summed E-state index contributed by atoms with van der Waals surface area (Å²) in [5.41, 5.74) is 1.45. The van der Waals surface area contributed by atoms with Gasteiger partial charge in [-0.1, -0.05) is 41.2 Å². The minimum Gasteiger partial charge on any atom is -0.497 e. The highest BCUT2D eigenvalue weighted by Gasteiger charge is 2.16. The van der Waals surface area contributed by atoms with Gasteiger partial charge in [0.05, 0.1) is 23.8 Å². The fourth-order valence-electron chi connectivity index (χ4n) is 3.22. The highest BCUT2D eigenvalue weighted by Crippen LogP contribution is 2.26. The van der Waals surface area contributed by atoms with E-state index in [1.165, 1.54) is 16.3 Å². The first kappa shape index (κ1) is 18.4. The van der Waals surface area contributed by atoms with Crippen LogP contribution in [0.2, 0.25) is 0 Å². The molecule has 10 heteroatoms. The molecule has 0 saturated carbocycles. The minimum atomic E-state index is -0.109. The second kappa shape index (κ2) is 7.30. The molecule has 30 heavy (non-hydrogen) atoms. The van der Waals surface area contributed by atoms with Crippen LogP contribution < -0.4 is 10.3 Å².